The zero-order valence-corrected chi connectivity index (χ0v) is 13.0. The summed E-state index contributed by atoms with van der Waals surface area (Å²) >= 11 is 0. The maximum atomic E-state index is 5.38. The van der Waals surface area contributed by atoms with Gasteiger partial charge < -0.3 is 14.0 Å². The van der Waals surface area contributed by atoms with Crippen LogP contribution in [0.3, 0.4) is 0 Å². The van der Waals surface area contributed by atoms with E-state index in [1.165, 1.54) is 0 Å². The van der Waals surface area contributed by atoms with Gasteiger partial charge in [-0.15, -0.1) is 0 Å². The Balaban J connectivity index is 1.46. The zero-order chi connectivity index (χ0) is 16.6. The second-order valence-electron chi connectivity index (χ2n) is 5.52. The Morgan fingerprint density at radius 3 is 2.68 bits per heavy atom. The van der Waals surface area contributed by atoms with Gasteiger partial charge in [-0.3, -0.25) is 5.10 Å². The molecule has 0 radical (unpaired) electrons. The summed E-state index contributed by atoms with van der Waals surface area (Å²) in [6, 6.07) is 17.3. The van der Waals surface area contributed by atoms with Crippen molar-refractivity contribution in [2.75, 3.05) is 6.79 Å². The van der Waals surface area contributed by atoms with Crippen LogP contribution < -0.4 is 9.47 Å². The first-order valence-electron chi connectivity index (χ1n) is 7.72. The minimum absolute atomic E-state index is 0.229. The standard InChI is InChI=1S/C18H12N4O3/c1-2-4-11(5-3-1)13-9-14(21-20-13)18-19-17(22-25-18)12-6-7-15-16(8-12)24-10-23-15/h1-9H,10H2,(H,20,21). The second kappa shape index (κ2) is 5.48. The largest absolute Gasteiger partial charge is 0.454 e. The average molecular weight is 332 g/mol. The summed E-state index contributed by atoms with van der Waals surface area (Å²) in [5.74, 6) is 2.25. The topological polar surface area (TPSA) is 86.1 Å². The van der Waals surface area contributed by atoms with E-state index < -0.39 is 0 Å². The van der Waals surface area contributed by atoms with Gasteiger partial charge >= 0.3 is 0 Å². The first-order chi connectivity index (χ1) is 12.4. The Bertz CT molecular complexity index is 1040. The molecular formula is C18H12N4O3. The molecule has 0 saturated heterocycles. The Kier molecular flexibility index (Phi) is 3.03. The SMILES string of the molecule is c1ccc(-c2cc(-c3nc(-c4ccc5c(c4)OCO5)no3)[nH]n2)cc1. The van der Waals surface area contributed by atoms with Gasteiger partial charge in [-0.1, -0.05) is 35.5 Å². The smallest absolute Gasteiger partial charge is 0.276 e. The Morgan fingerprint density at radius 2 is 1.76 bits per heavy atom. The summed E-state index contributed by atoms with van der Waals surface area (Å²) in [5, 5.41) is 11.3. The number of hydrogen-bond acceptors (Lipinski definition) is 6. The fourth-order valence-electron chi connectivity index (χ4n) is 2.67. The molecule has 0 amide bonds. The number of fused-ring (bicyclic) bond motifs is 1. The number of hydrogen-bond donors (Lipinski definition) is 1. The van der Waals surface area contributed by atoms with Crippen molar-refractivity contribution in [2.24, 2.45) is 0 Å². The first kappa shape index (κ1) is 13.8. The number of ether oxygens (including phenoxy) is 2. The highest BCUT2D eigenvalue weighted by molar-refractivity contribution is 5.66. The molecule has 7 heteroatoms. The Hall–Kier alpha value is -3.61. The van der Waals surface area contributed by atoms with Crippen molar-refractivity contribution >= 4 is 0 Å². The molecule has 0 atom stereocenters. The minimum atomic E-state index is 0.229. The van der Waals surface area contributed by atoms with Crippen LogP contribution in [0.25, 0.3) is 34.2 Å². The normalized spacial score (nSPS) is 12.5. The van der Waals surface area contributed by atoms with E-state index in [0.717, 1.165) is 16.8 Å². The third kappa shape index (κ3) is 2.42. The number of rotatable bonds is 3. The van der Waals surface area contributed by atoms with Crippen molar-refractivity contribution in [1.29, 1.82) is 0 Å². The zero-order valence-electron chi connectivity index (χ0n) is 13.0. The molecule has 0 bridgehead atoms. The fraction of sp³-hybridized carbons (Fsp3) is 0.0556. The fourth-order valence-corrected chi connectivity index (χ4v) is 2.67. The molecule has 1 aliphatic rings. The third-order valence-corrected chi connectivity index (χ3v) is 3.93. The lowest BCUT2D eigenvalue weighted by Gasteiger charge is -1.97. The van der Waals surface area contributed by atoms with E-state index >= 15 is 0 Å². The molecular weight excluding hydrogens is 320 g/mol. The molecule has 0 fully saturated rings. The summed E-state index contributed by atoms with van der Waals surface area (Å²) < 4.78 is 16.1. The van der Waals surface area contributed by atoms with E-state index in [1.807, 2.05) is 54.6 Å². The highest BCUT2D eigenvalue weighted by Crippen LogP contribution is 2.35. The lowest BCUT2D eigenvalue weighted by molar-refractivity contribution is 0.174. The van der Waals surface area contributed by atoms with Crippen LogP contribution in [-0.2, 0) is 0 Å². The van der Waals surface area contributed by atoms with Crippen LogP contribution in [0.15, 0.2) is 59.1 Å². The van der Waals surface area contributed by atoms with Crippen LogP contribution in [0.1, 0.15) is 0 Å². The Labute approximate surface area is 142 Å². The molecule has 2 aromatic heterocycles. The predicted octanol–water partition coefficient (Wildman–Crippen LogP) is 3.52. The monoisotopic (exact) mass is 332 g/mol. The molecule has 7 nitrogen and oxygen atoms in total. The molecule has 3 heterocycles. The Morgan fingerprint density at radius 1 is 0.880 bits per heavy atom. The molecule has 0 saturated carbocycles. The summed E-state index contributed by atoms with van der Waals surface area (Å²) in [7, 11) is 0. The lowest BCUT2D eigenvalue weighted by atomic mass is 10.1. The molecule has 122 valence electrons. The van der Waals surface area contributed by atoms with E-state index in [4.69, 9.17) is 14.0 Å². The van der Waals surface area contributed by atoms with Gasteiger partial charge in [0.15, 0.2) is 11.5 Å². The molecule has 0 unspecified atom stereocenters. The van der Waals surface area contributed by atoms with Crippen LogP contribution in [0.5, 0.6) is 11.5 Å². The van der Waals surface area contributed by atoms with Gasteiger partial charge in [0, 0.05) is 11.1 Å². The van der Waals surface area contributed by atoms with E-state index in [-0.39, 0.29) is 6.79 Å². The minimum Gasteiger partial charge on any atom is -0.454 e. The van der Waals surface area contributed by atoms with Gasteiger partial charge in [-0.2, -0.15) is 10.1 Å². The molecule has 4 aromatic rings. The van der Waals surface area contributed by atoms with Gasteiger partial charge in [0.2, 0.25) is 12.6 Å². The van der Waals surface area contributed by atoms with Crippen LogP contribution in [0.2, 0.25) is 0 Å². The maximum absolute atomic E-state index is 5.38. The molecule has 5 rings (SSSR count). The molecule has 1 aliphatic heterocycles. The van der Waals surface area contributed by atoms with Crippen molar-refractivity contribution in [3.63, 3.8) is 0 Å². The predicted molar refractivity (Wildman–Crippen MR) is 88.9 cm³/mol. The number of nitrogens with one attached hydrogen (secondary N) is 1. The van der Waals surface area contributed by atoms with E-state index in [9.17, 15) is 0 Å². The van der Waals surface area contributed by atoms with Crippen molar-refractivity contribution < 1.29 is 14.0 Å². The van der Waals surface area contributed by atoms with E-state index in [1.54, 1.807) is 0 Å². The number of benzene rings is 2. The van der Waals surface area contributed by atoms with Crippen LogP contribution in [0, 0.1) is 0 Å². The van der Waals surface area contributed by atoms with E-state index in [2.05, 4.69) is 20.3 Å². The second-order valence-corrected chi connectivity index (χ2v) is 5.52. The molecule has 1 N–H and O–H groups in total. The van der Waals surface area contributed by atoms with Gasteiger partial charge in [0.05, 0.1) is 5.69 Å². The highest BCUT2D eigenvalue weighted by Gasteiger charge is 2.18. The maximum Gasteiger partial charge on any atom is 0.276 e. The molecule has 0 spiro atoms. The summed E-state index contributed by atoms with van der Waals surface area (Å²) in [6.45, 7) is 0.229. The van der Waals surface area contributed by atoms with Crippen molar-refractivity contribution in [3.05, 3.63) is 54.6 Å². The van der Waals surface area contributed by atoms with Gasteiger partial charge in [0.25, 0.3) is 5.89 Å². The number of aromatic amines is 1. The van der Waals surface area contributed by atoms with Crippen molar-refractivity contribution in [3.8, 4) is 45.7 Å². The molecule has 0 aliphatic carbocycles. The van der Waals surface area contributed by atoms with Gasteiger partial charge in [0.1, 0.15) is 5.69 Å². The quantitative estimate of drug-likeness (QED) is 0.618. The molecule has 25 heavy (non-hydrogen) atoms. The van der Waals surface area contributed by atoms with Crippen molar-refractivity contribution in [2.45, 2.75) is 0 Å². The lowest BCUT2D eigenvalue weighted by Crippen LogP contribution is -1.92. The number of H-pyrrole nitrogens is 1. The third-order valence-electron chi connectivity index (χ3n) is 3.93. The van der Waals surface area contributed by atoms with Gasteiger partial charge in [-0.25, -0.2) is 0 Å². The van der Waals surface area contributed by atoms with E-state index in [0.29, 0.717) is 28.9 Å². The number of nitrogens with zero attached hydrogens (tertiary/aromatic N) is 3. The van der Waals surface area contributed by atoms with Crippen LogP contribution in [-0.4, -0.2) is 27.1 Å². The molecule has 2 aromatic carbocycles. The summed E-state index contributed by atoms with van der Waals surface area (Å²) in [5.41, 5.74) is 3.29. The summed E-state index contributed by atoms with van der Waals surface area (Å²) in [6.07, 6.45) is 0. The highest BCUT2D eigenvalue weighted by atomic mass is 16.7. The first-order valence-corrected chi connectivity index (χ1v) is 7.72. The summed E-state index contributed by atoms with van der Waals surface area (Å²) in [4.78, 5) is 4.44. The van der Waals surface area contributed by atoms with Crippen LogP contribution in [0.4, 0.5) is 0 Å². The average Bonchev–Trinajstić information content (AvgIpc) is 3.40. The number of aromatic nitrogens is 4. The van der Waals surface area contributed by atoms with Gasteiger partial charge in [-0.05, 0) is 24.3 Å². The van der Waals surface area contributed by atoms with Crippen molar-refractivity contribution in [1.82, 2.24) is 20.3 Å². The van der Waals surface area contributed by atoms with Crippen LogP contribution >= 0.6 is 0 Å².